The fourth-order valence-corrected chi connectivity index (χ4v) is 2.59. The van der Waals surface area contributed by atoms with Crippen molar-refractivity contribution in [3.63, 3.8) is 0 Å². The summed E-state index contributed by atoms with van der Waals surface area (Å²) in [4.78, 5) is 14.4. The van der Waals surface area contributed by atoms with E-state index in [1.165, 1.54) is 0 Å². The Bertz CT molecular complexity index is 784. The minimum atomic E-state index is -0.165. The Morgan fingerprint density at radius 2 is 2.14 bits per heavy atom. The summed E-state index contributed by atoms with van der Waals surface area (Å²) in [6.07, 6.45) is 5.42. The normalized spacial score (nSPS) is 13.0. The summed E-state index contributed by atoms with van der Waals surface area (Å²) in [5.74, 6) is 3.46. The van der Waals surface area contributed by atoms with Gasteiger partial charge in [-0.25, -0.2) is 4.68 Å². The zero-order valence-corrected chi connectivity index (χ0v) is 12.2. The monoisotopic (exact) mass is 281 g/mol. The molecule has 5 heteroatoms. The number of rotatable bonds is 1. The molecule has 0 radical (unpaired) electrons. The SMILES string of the molecule is C#CCN1C(=O)c2cccc(C)c2Oc2c1c(C)nn2C. The van der Waals surface area contributed by atoms with Crippen LogP contribution >= 0.6 is 0 Å². The lowest BCUT2D eigenvalue weighted by atomic mass is 10.1. The standard InChI is InChI=1S/C16H15N3O2/c1-5-9-19-13-11(3)17-18(4)16(13)21-14-10(2)7-6-8-12(14)15(19)20/h1,6-8H,9H2,2-4H3. The van der Waals surface area contributed by atoms with Crippen molar-refractivity contribution in [1.82, 2.24) is 9.78 Å². The molecule has 1 aromatic heterocycles. The molecule has 1 amide bonds. The van der Waals surface area contributed by atoms with E-state index >= 15 is 0 Å². The van der Waals surface area contributed by atoms with Gasteiger partial charge < -0.3 is 4.74 Å². The van der Waals surface area contributed by atoms with Crippen LogP contribution in [0.2, 0.25) is 0 Å². The molecule has 0 aliphatic carbocycles. The Hall–Kier alpha value is -2.74. The highest BCUT2D eigenvalue weighted by Crippen LogP contribution is 2.41. The summed E-state index contributed by atoms with van der Waals surface area (Å²) in [5, 5.41) is 4.33. The number of ether oxygens (including phenoxy) is 1. The van der Waals surface area contributed by atoms with Gasteiger partial charge in [0.1, 0.15) is 11.4 Å². The molecular formula is C16H15N3O2. The van der Waals surface area contributed by atoms with E-state index in [9.17, 15) is 4.79 Å². The van der Waals surface area contributed by atoms with E-state index in [1.807, 2.05) is 26.0 Å². The smallest absolute Gasteiger partial charge is 0.263 e. The maximum absolute atomic E-state index is 12.8. The zero-order chi connectivity index (χ0) is 15.1. The Morgan fingerprint density at radius 3 is 2.86 bits per heavy atom. The molecule has 0 atom stereocenters. The van der Waals surface area contributed by atoms with E-state index in [4.69, 9.17) is 11.2 Å². The van der Waals surface area contributed by atoms with Crippen LogP contribution in [0.4, 0.5) is 5.69 Å². The second kappa shape index (κ2) is 4.67. The predicted molar refractivity (Wildman–Crippen MR) is 79.7 cm³/mol. The number of benzene rings is 1. The summed E-state index contributed by atoms with van der Waals surface area (Å²) in [7, 11) is 1.79. The van der Waals surface area contributed by atoms with Crippen molar-refractivity contribution >= 4 is 11.6 Å². The topological polar surface area (TPSA) is 47.4 Å². The molecule has 1 aromatic carbocycles. The number of fused-ring (bicyclic) bond motifs is 2. The first-order chi connectivity index (χ1) is 10.0. The van der Waals surface area contributed by atoms with E-state index < -0.39 is 0 Å². The summed E-state index contributed by atoms with van der Waals surface area (Å²) in [6, 6.07) is 5.50. The van der Waals surface area contributed by atoms with E-state index in [0.717, 1.165) is 5.56 Å². The van der Waals surface area contributed by atoms with Crippen molar-refractivity contribution in [1.29, 1.82) is 0 Å². The number of terminal acetylenes is 1. The van der Waals surface area contributed by atoms with Gasteiger partial charge in [0.25, 0.3) is 5.91 Å². The van der Waals surface area contributed by atoms with Crippen molar-refractivity contribution in [2.45, 2.75) is 13.8 Å². The molecule has 106 valence electrons. The molecule has 0 fully saturated rings. The highest BCUT2D eigenvalue weighted by atomic mass is 16.5. The number of carbonyl (C=O) groups is 1. The fourth-order valence-electron chi connectivity index (χ4n) is 2.59. The highest BCUT2D eigenvalue weighted by molar-refractivity contribution is 6.10. The lowest BCUT2D eigenvalue weighted by molar-refractivity contribution is 0.0990. The van der Waals surface area contributed by atoms with Crippen LogP contribution in [0, 0.1) is 26.2 Å². The van der Waals surface area contributed by atoms with Crippen LogP contribution < -0.4 is 9.64 Å². The van der Waals surface area contributed by atoms with Gasteiger partial charge in [-0.2, -0.15) is 5.10 Å². The number of anilines is 1. The maximum atomic E-state index is 12.8. The number of nitrogens with zero attached hydrogens (tertiary/aromatic N) is 3. The molecule has 1 aliphatic heterocycles. The lowest BCUT2D eigenvalue weighted by Crippen LogP contribution is -2.30. The van der Waals surface area contributed by atoms with Crippen LogP contribution in [0.3, 0.4) is 0 Å². The van der Waals surface area contributed by atoms with Crippen LogP contribution in [0.15, 0.2) is 18.2 Å². The molecule has 0 unspecified atom stereocenters. The molecule has 21 heavy (non-hydrogen) atoms. The van der Waals surface area contributed by atoms with Gasteiger partial charge in [-0.3, -0.25) is 9.69 Å². The second-order valence-electron chi connectivity index (χ2n) is 5.01. The third-order valence-electron chi connectivity index (χ3n) is 3.54. The van der Waals surface area contributed by atoms with E-state index in [-0.39, 0.29) is 12.5 Å². The second-order valence-corrected chi connectivity index (χ2v) is 5.01. The average Bonchev–Trinajstić information content (AvgIpc) is 2.64. The van der Waals surface area contributed by atoms with Crippen molar-refractivity contribution in [3.8, 4) is 24.0 Å². The first-order valence-corrected chi connectivity index (χ1v) is 6.61. The van der Waals surface area contributed by atoms with E-state index in [0.29, 0.717) is 28.6 Å². The number of hydrogen-bond acceptors (Lipinski definition) is 3. The molecular weight excluding hydrogens is 266 g/mol. The van der Waals surface area contributed by atoms with Crippen LogP contribution in [-0.4, -0.2) is 22.2 Å². The summed E-state index contributed by atoms with van der Waals surface area (Å²) < 4.78 is 7.63. The minimum absolute atomic E-state index is 0.165. The Morgan fingerprint density at radius 1 is 1.38 bits per heavy atom. The van der Waals surface area contributed by atoms with Crippen molar-refractivity contribution in [3.05, 3.63) is 35.0 Å². The van der Waals surface area contributed by atoms with Crippen molar-refractivity contribution in [2.75, 3.05) is 11.4 Å². The summed E-state index contributed by atoms with van der Waals surface area (Å²) in [6.45, 7) is 3.92. The average molecular weight is 281 g/mol. The molecule has 3 rings (SSSR count). The molecule has 2 heterocycles. The molecule has 0 spiro atoms. The lowest BCUT2D eigenvalue weighted by Gasteiger charge is -2.17. The zero-order valence-electron chi connectivity index (χ0n) is 12.2. The fraction of sp³-hybridized carbons (Fsp3) is 0.250. The van der Waals surface area contributed by atoms with Crippen LogP contribution in [0.5, 0.6) is 11.6 Å². The van der Waals surface area contributed by atoms with Gasteiger partial charge in [-0.1, -0.05) is 18.1 Å². The largest absolute Gasteiger partial charge is 0.436 e. The number of para-hydroxylation sites is 1. The highest BCUT2D eigenvalue weighted by Gasteiger charge is 2.32. The van der Waals surface area contributed by atoms with Crippen LogP contribution in [0.1, 0.15) is 21.6 Å². The van der Waals surface area contributed by atoms with Crippen molar-refractivity contribution < 1.29 is 9.53 Å². The first-order valence-electron chi connectivity index (χ1n) is 6.61. The number of aromatic nitrogens is 2. The number of amides is 1. The molecule has 0 bridgehead atoms. The van der Waals surface area contributed by atoms with E-state index in [2.05, 4.69) is 11.0 Å². The molecule has 1 aliphatic rings. The van der Waals surface area contributed by atoms with Gasteiger partial charge in [0, 0.05) is 7.05 Å². The molecule has 0 N–H and O–H groups in total. The van der Waals surface area contributed by atoms with Gasteiger partial charge in [0.2, 0.25) is 5.88 Å². The quantitative estimate of drug-likeness (QED) is 0.754. The molecule has 0 saturated heterocycles. The predicted octanol–water partition coefficient (Wildman–Crippen LogP) is 2.42. The van der Waals surface area contributed by atoms with E-state index in [1.54, 1.807) is 22.7 Å². The summed E-state index contributed by atoms with van der Waals surface area (Å²) in [5.41, 5.74) is 2.76. The molecule has 2 aromatic rings. The maximum Gasteiger partial charge on any atom is 0.263 e. The van der Waals surface area contributed by atoms with Gasteiger partial charge in [-0.15, -0.1) is 6.42 Å². The first kappa shape index (κ1) is 13.3. The van der Waals surface area contributed by atoms with Gasteiger partial charge in [0.15, 0.2) is 0 Å². The Kier molecular flexibility index (Phi) is 2.95. The number of hydrogen-bond donors (Lipinski definition) is 0. The molecule has 5 nitrogen and oxygen atoms in total. The van der Waals surface area contributed by atoms with Gasteiger partial charge in [0.05, 0.1) is 17.8 Å². The van der Waals surface area contributed by atoms with Crippen LogP contribution in [0.25, 0.3) is 0 Å². The summed E-state index contributed by atoms with van der Waals surface area (Å²) >= 11 is 0. The van der Waals surface area contributed by atoms with Gasteiger partial charge >= 0.3 is 0 Å². The minimum Gasteiger partial charge on any atom is -0.436 e. The third kappa shape index (κ3) is 1.88. The number of aryl methyl sites for hydroxylation is 3. The molecule has 0 saturated carbocycles. The third-order valence-corrected chi connectivity index (χ3v) is 3.54. The Balaban J connectivity index is 2.31. The van der Waals surface area contributed by atoms with Crippen LogP contribution in [-0.2, 0) is 7.05 Å². The number of carbonyl (C=O) groups excluding carboxylic acids is 1. The Labute approximate surface area is 123 Å². The van der Waals surface area contributed by atoms with Crippen molar-refractivity contribution in [2.24, 2.45) is 7.05 Å². The van der Waals surface area contributed by atoms with Gasteiger partial charge in [-0.05, 0) is 25.5 Å².